The summed E-state index contributed by atoms with van der Waals surface area (Å²) in [4.78, 5) is 36.9. The summed E-state index contributed by atoms with van der Waals surface area (Å²) >= 11 is 0. The number of methoxy groups -OCH3 is 2. The van der Waals surface area contributed by atoms with Crippen LogP contribution < -0.4 is 4.74 Å². The molecule has 0 unspecified atom stereocenters. The molecule has 3 aromatic rings. The van der Waals surface area contributed by atoms with E-state index in [-0.39, 0.29) is 5.57 Å². The number of carbonyl (C=O) groups is 3. The smallest absolute Gasteiger partial charge is 0.349 e. The summed E-state index contributed by atoms with van der Waals surface area (Å²) in [7, 11) is 2.85. The van der Waals surface area contributed by atoms with Gasteiger partial charge in [0.05, 0.1) is 19.8 Å². The Hall–Kier alpha value is -4.64. The van der Waals surface area contributed by atoms with Gasteiger partial charge in [0.15, 0.2) is 6.61 Å². The van der Waals surface area contributed by atoms with E-state index in [2.05, 4.69) is 0 Å². The lowest BCUT2D eigenvalue weighted by Crippen LogP contribution is -2.16. The Labute approximate surface area is 203 Å². The minimum Gasteiger partial charge on any atom is -0.497 e. The second kappa shape index (κ2) is 11.0. The zero-order chi connectivity index (χ0) is 25.5. The lowest BCUT2D eigenvalue weighted by molar-refractivity contribution is -0.137. The molecule has 35 heavy (non-hydrogen) atoms. The Morgan fingerprint density at radius 3 is 2.23 bits per heavy atom. The summed E-state index contributed by atoms with van der Waals surface area (Å²) in [6, 6.07) is 17.1. The molecule has 0 atom stereocenters. The SMILES string of the molecule is COC(=O)c1ccc(-n2c(C)cc(C(=O)COC(=O)/C(C#N)=C\c3ccc(OC)cc3)c2C)cc1. The summed E-state index contributed by atoms with van der Waals surface area (Å²) in [6.45, 7) is 3.11. The highest BCUT2D eigenvalue weighted by molar-refractivity contribution is 6.02. The second-order valence-electron chi connectivity index (χ2n) is 7.60. The number of ketones is 1. The fourth-order valence-corrected chi connectivity index (χ4v) is 3.60. The molecular weight excluding hydrogens is 448 g/mol. The average Bonchev–Trinajstić information content (AvgIpc) is 3.19. The number of hydrogen-bond donors (Lipinski definition) is 0. The summed E-state index contributed by atoms with van der Waals surface area (Å²) in [5.41, 5.74) is 3.41. The van der Waals surface area contributed by atoms with Gasteiger partial charge in [-0.05, 0) is 68.0 Å². The summed E-state index contributed by atoms with van der Waals surface area (Å²) in [6.07, 6.45) is 1.39. The van der Waals surface area contributed by atoms with Gasteiger partial charge in [0, 0.05) is 22.6 Å². The van der Waals surface area contributed by atoms with E-state index in [1.54, 1.807) is 61.5 Å². The van der Waals surface area contributed by atoms with E-state index in [9.17, 15) is 19.6 Å². The third-order valence-corrected chi connectivity index (χ3v) is 5.38. The minimum atomic E-state index is -0.885. The van der Waals surface area contributed by atoms with Crippen LogP contribution in [0.2, 0.25) is 0 Å². The van der Waals surface area contributed by atoms with Crippen LogP contribution in [0.1, 0.15) is 37.7 Å². The summed E-state index contributed by atoms with van der Waals surface area (Å²) in [5.74, 6) is -1.08. The third kappa shape index (κ3) is 5.65. The minimum absolute atomic E-state index is 0.223. The van der Waals surface area contributed by atoms with Gasteiger partial charge in [-0.25, -0.2) is 9.59 Å². The van der Waals surface area contributed by atoms with E-state index in [0.717, 1.165) is 11.4 Å². The lowest BCUT2D eigenvalue weighted by atomic mass is 10.1. The van der Waals surface area contributed by atoms with Gasteiger partial charge in [-0.15, -0.1) is 0 Å². The predicted molar refractivity (Wildman–Crippen MR) is 128 cm³/mol. The number of carbonyl (C=O) groups excluding carboxylic acids is 3. The van der Waals surface area contributed by atoms with Gasteiger partial charge in [-0.1, -0.05) is 12.1 Å². The molecule has 0 aliphatic rings. The number of rotatable bonds is 8. The molecule has 0 spiro atoms. The number of esters is 2. The topological polar surface area (TPSA) is 108 Å². The van der Waals surface area contributed by atoms with E-state index >= 15 is 0 Å². The van der Waals surface area contributed by atoms with Crippen molar-refractivity contribution >= 4 is 23.8 Å². The fraction of sp³-hybridized carbons (Fsp3) is 0.185. The van der Waals surface area contributed by atoms with E-state index in [1.165, 1.54) is 20.3 Å². The molecule has 0 N–H and O–H groups in total. The maximum atomic E-state index is 12.8. The maximum absolute atomic E-state index is 12.8. The molecule has 2 aromatic carbocycles. The zero-order valence-corrected chi connectivity index (χ0v) is 19.8. The highest BCUT2D eigenvalue weighted by Gasteiger charge is 2.20. The number of nitriles is 1. The van der Waals surface area contributed by atoms with Crippen LogP contribution in [0.25, 0.3) is 11.8 Å². The first-order valence-corrected chi connectivity index (χ1v) is 10.6. The first-order chi connectivity index (χ1) is 16.8. The van der Waals surface area contributed by atoms with Gasteiger partial charge >= 0.3 is 11.9 Å². The molecule has 3 rings (SSSR count). The van der Waals surface area contributed by atoms with Crippen molar-refractivity contribution in [2.24, 2.45) is 0 Å². The first-order valence-electron chi connectivity index (χ1n) is 10.6. The Balaban J connectivity index is 1.73. The molecule has 8 heteroatoms. The summed E-state index contributed by atoms with van der Waals surface area (Å²) < 4.78 is 16.8. The number of ether oxygens (including phenoxy) is 3. The maximum Gasteiger partial charge on any atom is 0.349 e. The van der Waals surface area contributed by atoms with Crippen molar-refractivity contribution in [3.05, 3.63) is 88.2 Å². The van der Waals surface area contributed by atoms with Gasteiger partial charge in [-0.3, -0.25) is 4.79 Å². The first kappa shape index (κ1) is 25.0. The highest BCUT2D eigenvalue weighted by atomic mass is 16.5. The van der Waals surface area contributed by atoms with E-state index in [0.29, 0.717) is 28.1 Å². The highest BCUT2D eigenvalue weighted by Crippen LogP contribution is 2.22. The van der Waals surface area contributed by atoms with Crippen molar-refractivity contribution in [2.75, 3.05) is 20.8 Å². The number of nitrogens with zero attached hydrogens (tertiary/aromatic N) is 2. The van der Waals surface area contributed by atoms with Gasteiger partial charge in [0.25, 0.3) is 0 Å². The molecule has 0 fully saturated rings. The normalized spacial score (nSPS) is 10.9. The Morgan fingerprint density at radius 2 is 1.66 bits per heavy atom. The van der Waals surface area contributed by atoms with Gasteiger partial charge < -0.3 is 18.8 Å². The molecule has 0 radical (unpaired) electrons. The molecule has 8 nitrogen and oxygen atoms in total. The van der Waals surface area contributed by atoms with Crippen LogP contribution in [-0.2, 0) is 14.3 Å². The lowest BCUT2D eigenvalue weighted by Gasteiger charge is -2.10. The number of aromatic nitrogens is 1. The Bertz CT molecular complexity index is 1330. The van der Waals surface area contributed by atoms with Crippen LogP contribution in [0.15, 0.2) is 60.2 Å². The standard InChI is InChI=1S/C27H24N2O6/c1-17-13-24(18(2)29(17)22-9-7-20(8-10-22)26(31)34-4)25(30)16-35-27(32)21(15-28)14-19-5-11-23(33-3)12-6-19/h5-14H,16H2,1-4H3/b21-14-. The third-order valence-electron chi connectivity index (χ3n) is 5.38. The van der Waals surface area contributed by atoms with Gasteiger partial charge in [-0.2, -0.15) is 5.26 Å². The Kier molecular flexibility index (Phi) is 7.85. The van der Waals surface area contributed by atoms with Crippen molar-refractivity contribution in [3.63, 3.8) is 0 Å². The van der Waals surface area contributed by atoms with Crippen LogP contribution >= 0.6 is 0 Å². The predicted octanol–water partition coefficient (Wildman–Crippen LogP) is 4.22. The quantitative estimate of drug-likeness (QED) is 0.209. The molecule has 1 heterocycles. The average molecular weight is 472 g/mol. The zero-order valence-electron chi connectivity index (χ0n) is 19.8. The molecule has 1 aromatic heterocycles. The fourth-order valence-electron chi connectivity index (χ4n) is 3.60. The molecule has 0 saturated heterocycles. The molecular formula is C27H24N2O6. The van der Waals surface area contributed by atoms with Crippen molar-refractivity contribution in [1.82, 2.24) is 4.57 Å². The van der Waals surface area contributed by atoms with Gasteiger partial charge in [0.1, 0.15) is 17.4 Å². The monoisotopic (exact) mass is 472 g/mol. The number of benzene rings is 2. The van der Waals surface area contributed by atoms with Crippen LogP contribution in [0.4, 0.5) is 0 Å². The van der Waals surface area contributed by atoms with Crippen LogP contribution in [0.3, 0.4) is 0 Å². The molecule has 178 valence electrons. The van der Waals surface area contributed by atoms with Crippen LogP contribution in [-0.4, -0.2) is 43.1 Å². The number of Topliss-reactive ketones (excluding diaryl/α,β-unsaturated/α-hetero) is 1. The van der Waals surface area contributed by atoms with E-state index in [4.69, 9.17) is 14.2 Å². The molecule has 0 amide bonds. The molecule has 0 aliphatic heterocycles. The van der Waals surface area contributed by atoms with Crippen molar-refractivity contribution in [1.29, 1.82) is 5.26 Å². The largest absolute Gasteiger partial charge is 0.497 e. The van der Waals surface area contributed by atoms with E-state index < -0.39 is 24.3 Å². The molecule has 0 bridgehead atoms. The van der Waals surface area contributed by atoms with Crippen molar-refractivity contribution in [3.8, 4) is 17.5 Å². The second-order valence-corrected chi connectivity index (χ2v) is 7.60. The molecule has 0 aliphatic carbocycles. The number of hydrogen-bond acceptors (Lipinski definition) is 7. The number of aryl methyl sites for hydroxylation is 1. The van der Waals surface area contributed by atoms with Crippen LogP contribution in [0, 0.1) is 25.2 Å². The Morgan fingerprint density at radius 1 is 1.00 bits per heavy atom. The van der Waals surface area contributed by atoms with Crippen molar-refractivity contribution < 1.29 is 28.6 Å². The van der Waals surface area contributed by atoms with Gasteiger partial charge in [0.2, 0.25) is 5.78 Å². The van der Waals surface area contributed by atoms with Crippen molar-refractivity contribution in [2.45, 2.75) is 13.8 Å². The van der Waals surface area contributed by atoms with Crippen LogP contribution in [0.5, 0.6) is 5.75 Å². The summed E-state index contributed by atoms with van der Waals surface area (Å²) in [5, 5.41) is 9.36. The molecule has 0 saturated carbocycles. The van der Waals surface area contributed by atoms with E-state index in [1.807, 2.05) is 17.6 Å².